The van der Waals surface area contributed by atoms with Crippen LogP contribution in [-0.2, 0) is 16.1 Å². The molecule has 2 heterocycles. The van der Waals surface area contributed by atoms with Gasteiger partial charge in [-0.1, -0.05) is 6.07 Å². The van der Waals surface area contributed by atoms with E-state index in [0.29, 0.717) is 19.7 Å². The molecule has 0 radical (unpaired) electrons. The molecule has 6 heteroatoms. The van der Waals surface area contributed by atoms with Crippen molar-refractivity contribution in [2.24, 2.45) is 0 Å². The number of rotatable bonds is 5. The summed E-state index contributed by atoms with van der Waals surface area (Å²) < 4.78 is 17.3. The molecule has 6 nitrogen and oxygen atoms in total. The van der Waals surface area contributed by atoms with Crippen molar-refractivity contribution >= 4 is 5.91 Å². The summed E-state index contributed by atoms with van der Waals surface area (Å²) in [5.74, 6) is 1.77. The van der Waals surface area contributed by atoms with Crippen molar-refractivity contribution in [3.8, 4) is 11.5 Å². The molecule has 0 saturated carbocycles. The number of carbonyl (C=O) groups is 1. The molecule has 1 aromatic rings. The Morgan fingerprint density at radius 2 is 1.85 bits per heavy atom. The lowest BCUT2D eigenvalue weighted by Gasteiger charge is -2.43. The normalized spacial score (nSPS) is 24.3. The number of hydrogen-bond acceptors (Lipinski definition) is 5. The number of amides is 1. The highest BCUT2D eigenvalue weighted by atomic mass is 16.5. The number of nitrogens with zero attached hydrogens (tertiary/aromatic N) is 2. The molecule has 2 aliphatic rings. The van der Waals surface area contributed by atoms with Gasteiger partial charge in [-0.2, -0.15) is 0 Å². The predicted octanol–water partition coefficient (Wildman–Crippen LogP) is 2.70. The van der Waals surface area contributed by atoms with E-state index in [0.717, 1.165) is 49.4 Å². The molecule has 1 atom stereocenters. The van der Waals surface area contributed by atoms with Gasteiger partial charge in [0.1, 0.15) is 11.5 Å². The maximum Gasteiger partial charge on any atom is 0.256 e. The number of methoxy groups -OCH3 is 2. The second-order valence-corrected chi connectivity index (χ2v) is 7.74. The number of morpholine rings is 1. The van der Waals surface area contributed by atoms with Crippen molar-refractivity contribution in [2.75, 3.05) is 40.5 Å². The minimum absolute atomic E-state index is 0.145. The highest BCUT2D eigenvalue weighted by Gasteiger charge is 2.47. The molecule has 0 aliphatic carbocycles. The zero-order valence-corrected chi connectivity index (χ0v) is 17.0. The van der Waals surface area contributed by atoms with Crippen LogP contribution in [0, 0.1) is 0 Å². The van der Waals surface area contributed by atoms with E-state index in [1.807, 2.05) is 23.1 Å². The summed E-state index contributed by atoms with van der Waals surface area (Å²) in [7, 11) is 3.35. The first-order chi connectivity index (χ1) is 13.0. The summed E-state index contributed by atoms with van der Waals surface area (Å²) in [5, 5.41) is 0. The highest BCUT2D eigenvalue weighted by Crippen LogP contribution is 2.34. The molecule has 27 heavy (non-hydrogen) atoms. The molecule has 1 spiro atoms. The summed E-state index contributed by atoms with van der Waals surface area (Å²) in [6, 6.07) is 6.02. The van der Waals surface area contributed by atoms with E-state index in [1.54, 1.807) is 14.2 Å². The Hall–Kier alpha value is -1.79. The molecule has 2 aliphatic heterocycles. The Morgan fingerprint density at radius 3 is 2.48 bits per heavy atom. The maximum atomic E-state index is 13.3. The van der Waals surface area contributed by atoms with E-state index < -0.39 is 5.60 Å². The lowest BCUT2D eigenvalue weighted by molar-refractivity contribution is -0.172. The van der Waals surface area contributed by atoms with Crippen molar-refractivity contribution in [2.45, 2.75) is 51.3 Å². The van der Waals surface area contributed by atoms with E-state index in [-0.39, 0.29) is 11.9 Å². The molecular formula is C21H32N2O4. The summed E-state index contributed by atoms with van der Waals surface area (Å²) >= 11 is 0. The van der Waals surface area contributed by atoms with Crippen LogP contribution in [0.4, 0.5) is 0 Å². The third kappa shape index (κ3) is 4.06. The summed E-state index contributed by atoms with van der Waals surface area (Å²) in [5.41, 5.74) is 0.287. The fourth-order valence-electron chi connectivity index (χ4n) is 4.23. The molecular weight excluding hydrogens is 344 g/mol. The topological polar surface area (TPSA) is 51.2 Å². The van der Waals surface area contributed by atoms with Crippen molar-refractivity contribution in [3.05, 3.63) is 23.8 Å². The highest BCUT2D eigenvalue weighted by molar-refractivity contribution is 5.86. The molecule has 3 rings (SSSR count). The summed E-state index contributed by atoms with van der Waals surface area (Å²) in [6.45, 7) is 7.62. The van der Waals surface area contributed by atoms with E-state index in [2.05, 4.69) is 18.7 Å². The van der Waals surface area contributed by atoms with Gasteiger partial charge in [-0.15, -0.1) is 0 Å². The molecule has 2 saturated heterocycles. The van der Waals surface area contributed by atoms with E-state index in [9.17, 15) is 4.79 Å². The zero-order chi connectivity index (χ0) is 19.4. The van der Waals surface area contributed by atoms with Crippen LogP contribution in [0.25, 0.3) is 0 Å². The third-order valence-corrected chi connectivity index (χ3v) is 5.68. The van der Waals surface area contributed by atoms with Crippen LogP contribution >= 0.6 is 0 Å². The van der Waals surface area contributed by atoms with Gasteiger partial charge >= 0.3 is 0 Å². The lowest BCUT2D eigenvalue weighted by Crippen LogP contribution is -2.60. The van der Waals surface area contributed by atoms with Crippen LogP contribution in [0.2, 0.25) is 0 Å². The van der Waals surface area contributed by atoms with Crippen LogP contribution in [0.5, 0.6) is 11.5 Å². The predicted molar refractivity (Wildman–Crippen MR) is 104 cm³/mol. The van der Waals surface area contributed by atoms with Crippen LogP contribution in [-0.4, -0.2) is 67.8 Å². The smallest absolute Gasteiger partial charge is 0.256 e. The van der Waals surface area contributed by atoms with Crippen LogP contribution in [0.3, 0.4) is 0 Å². The monoisotopic (exact) mass is 376 g/mol. The lowest BCUT2D eigenvalue weighted by atomic mass is 9.93. The van der Waals surface area contributed by atoms with E-state index in [1.165, 1.54) is 0 Å². The van der Waals surface area contributed by atoms with Gasteiger partial charge in [0.25, 0.3) is 5.91 Å². The summed E-state index contributed by atoms with van der Waals surface area (Å²) in [4.78, 5) is 17.6. The maximum absolute atomic E-state index is 13.3. The quantitative estimate of drug-likeness (QED) is 0.791. The van der Waals surface area contributed by atoms with Crippen LogP contribution in [0.1, 0.15) is 38.7 Å². The first-order valence-electron chi connectivity index (χ1n) is 9.88. The molecule has 150 valence electrons. The van der Waals surface area contributed by atoms with Gasteiger partial charge in [0.2, 0.25) is 0 Å². The Bertz CT molecular complexity index is 641. The second-order valence-electron chi connectivity index (χ2n) is 7.74. The Labute approximate surface area is 162 Å². The fourth-order valence-corrected chi connectivity index (χ4v) is 4.23. The van der Waals surface area contributed by atoms with Crippen molar-refractivity contribution in [3.63, 3.8) is 0 Å². The standard InChI is InChI=1S/C21H32N2O4/c1-16(2)23-11-6-5-10-21(20(23)24)15-22(12-13-27-21)14-17-18(25-3)8-7-9-19(17)26-4/h7-9,16H,5-6,10-15H2,1-4H3. The third-order valence-electron chi connectivity index (χ3n) is 5.68. The molecule has 0 aromatic heterocycles. The Morgan fingerprint density at radius 1 is 1.15 bits per heavy atom. The molecule has 2 fully saturated rings. The zero-order valence-electron chi connectivity index (χ0n) is 17.0. The second kappa shape index (κ2) is 8.48. The van der Waals surface area contributed by atoms with Gasteiger partial charge in [-0.05, 0) is 45.2 Å². The Kier molecular flexibility index (Phi) is 6.27. The largest absolute Gasteiger partial charge is 0.496 e. The van der Waals surface area contributed by atoms with E-state index in [4.69, 9.17) is 14.2 Å². The van der Waals surface area contributed by atoms with Gasteiger partial charge in [0.15, 0.2) is 5.60 Å². The van der Waals surface area contributed by atoms with Gasteiger partial charge in [0.05, 0.1) is 26.4 Å². The summed E-state index contributed by atoms with van der Waals surface area (Å²) in [6.07, 6.45) is 2.84. The number of likely N-dealkylation sites (tertiary alicyclic amines) is 1. The van der Waals surface area contributed by atoms with Gasteiger partial charge in [-0.3, -0.25) is 9.69 Å². The minimum atomic E-state index is -0.728. The number of benzene rings is 1. The molecule has 0 N–H and O–H groups in total. The molecule has 1 amide bonds. The van der Waals surface area contributed by atoms with E-state index >= 15 is 0 Å². The average Bonchev–Trinajstić information content (AvgIpc) is 2.82. The fraction of sp³-hybridized carbons (Fsp3) is 0.667. The number of ether oxygens (including phenoxy) is 3. The minimum Gasteiger partial charge on any atom is -0.496 e. The SMILES string of the molecule is COc1cccc(OC)c1CN1CCOC2(CCCCN(C(C)C)C2=O)C1. The van der Waals surface area contributed by atoms with Crippen molar-refractivity contribution in [1.29, 1.82) is 0 Å². The Balaban J connectivity index is 1.83. The average molecular weight is 376 g/mol. The van der Waals surface area contributed by atoms with Crippen molar-refractivity contribution in [1.82, 2.24) is 9.80 Å². The first kappa shape index (κ1) is 20.0. The van der Waals surface area contributed by atoms with Gasteiger partial charge < -0.3 is 19.1 Å². The van der Waals surface area contributed by atoms with Crippen LogP contribution in [0.15, 0.2) is 18.2 Å². The van der Waals surface area contributed by atoms with Crippen molar-refractivity contribution < 1.29 is 19.0 Å². The molecule has 1 aromatic carbocycles. The number of carbonyl (C=O) groups excluding carboxylic acids is 1. The van der Waals surface area contributed by atoms with Gasteiger partial charge in [0, 0.05) is 32.2 Å². The van der Waals surface area contributed by atoms with Crippen LogP contribution < -0.4 is 9.47 Å². The molecule has 0 bridgehead atoms. The number of hydrogen-bond donors (Lipinski definition) is 0. The van der Waals surface area contributed by atoms with Gasteiger partial charge in [-0.25, -0.2) is 0 Å². The molecule has 1 unspecified atom stereocenters. The first-order valence-corrected chi connectivity index (χ1v) is 9.88.